The molecule has 1 saturated carbocycles. The molecule has 0 spiro atoms. The fourth-order valence-corrected chi connectivity index (χ4v) is 4.97. The third kappa shape index (κ3) is 2.21. The van der Waals surface area contributed by atoms with Crippen LogP contribution in [-0.4, -0.2) is 30.2 Å². The highest BCUT2D eigenvalue weighted by molar-refractivity contribution is 7.86. The second-order valence-corrected chi connectivity index (χ2v) is 7.72. The van der Waals surface area contributed by atoms with Crippen molar-refractivity contribution in [2.75, 3.05) is 0 Å². The molecule has 130 valence electrons. The normalized spacial score (nSPS) is 30.2. The third-order valence-electron chi connectivity index (χ3n) is 4.93. The van der Waals surface area contributed by atoms with Gasteiger partial charge in [-0.2, -0.15) is 8.42 Å². The second kappa shape index (κ2) is 5.20. The summed E-state index contributed by atoms with van der Waals surface area (Å²) in [4.78, 5) is 34.4. The zero-order chi connectivity index (χ0) is 17.9. The number of nitrogens with zero attached hydrogens (tertiary/aromatic N) is 2. The molecular weight excluding hydrogens is 352 g/mol. The monoisotopic (exact) mass is 364 g/mol. The van der Waals surface area contributed by atoms with Crippen molar-refractivity contribution in [1.29, 1.82) is 0 Å². The van der Waals surface area contributed by atoms with E-state index in [0.717, 1.165) is 12.1 Å². The molecule has 2 amide bonds. The first-order valence-corrected chi connectivity index (χ1v) is 8.96. The number of rotatable bonds is 4. The number of hydroxylamine groups is 2. The molecule has 10 heteroatoms. The maximum absolute atomic E-state index is 12.5. The second-order valence-electron chi connectivity index (χ2n) is 6.22. The molecule has 0 unspecified atom stereocenters. The van der Waals surface area contributed by atoms with Crippen molar-refractivity contribution in [2.24, 2.45) is 23.7 Å². The SMILES string of the molecule is O=C1[C@@H]2[C@H](C(=O)N1OS(=O)(=O)c1ccccc1[N+](=O)[O-])[C@@H]1C=C[C@@H]2C1. The number of para-hydroxylation sites is 1. The fourth-order valence-electron chi connectivity index (χ4n) is 3.91. The Morgan fingerprint density at radius 3 is 2.20 bits per heavy atom. The molecular formula is C15H12N2O7S. The molecule has 1 aromatic rings. The van der Waals surface area contributed by atoms with E-state index in [-0.39, 0.29) is 16.9 Å². The van der Waals surface area contributed by atoms with Gasteiger partial charge in [-0.15, -0.1) is 9.35 Å². The summed E-state index contributed by atoms with van der Waals surface area (Å²) < 4.78 is 29.6. The lowest BCUT2D eigenvalue weighted by molar-refractivity contribution is -0.388. The standard InChI is InChI=1S/C15H12N2O7S/c18-14-12-8-5-6-9(7-8)13(12)15(19)16(14)24-25(22,23)11-4-2-1-3-10(11)17(20)21/h1-6,8-9,12-13H,7H2/t8-,9-,12-,13+/m1/s1. The lowest BCUT2D eigenvalue weighted by Gasteiger charge is -2.15. The summed E-state index contributed by atoms with van der Waals surface area (Å²) in [5, 5.41) is 11.3. The Balaban J connectivity index is 1.66. The number of hydrogen-bond acceptors (Lipinski definition) is 7. The van der Waals surface area contributed by atoms with E-state index in [1.165, 1.54) is 12.1 Å². The van der Waals surface area contributed by atoms with E-state index in [4.69, 9.17) is 4.28 Å². The number of carbonyl (C=O) groups is 2. The van der Waals surface area contributed by atoms with Crippen molar-refractivity contribution in [3.8, 4) is 0 Å². The summed E-state index contributed by atoms with van der Waals surface area (Å²) in [6.07, 6.45) is 4.41. The molecule has 4 rings (SSSR count). The van der Waals surface area contributed by atoms with Gasteiger partial charge >= 0.3 is 10.1 Å². The average Bonchev–Trinajstić information content (AvgIpc) is 3.25. The largest absolute Gasteiger partial charge is 0.325 e. The molecule has 25 heavy (non-hydrogen) atoms. The molecule has 0 radical (unpaired) electrons. The van der Waals surface area contributed by atoms with Gasteiger partial charge in [0, 0.05) is 6.07 Å². The highest BCUT2D eigenvalue weighted by atomic mass is 32.2. The number of amides is 2. The Kier molecular flexibility index (Phi) is 3.31. The van der Waals surface area contributed by atoms with Gasteiger partial charge in [0.25, 0.3) is 17.5 Å². The van der Waals surface area contributed by atoms with Gasteiger partial charge in [0.2, 0.25) is 0 Å². The van der Waals surface area contributed by atoms with Crippen LogP contribution in [0.3, 0.4) is 0 Å². The Labute approximate surface area is 142 Å². The topological polar surface area (TPSA) is 124 Å². The van der Waals surface area contributed by atoms with Crippen molar-refractivity contribution in [1.82, 2.24) is 5.06 Å². The van der Waals surface area contributed by atoms with E-state index in [0.29, 0.717) is 6.42 Å². The van der Waals surface area contributed by atoms with E-state index in [2.05, 4.69) is 0 Å². The molecule has 9 nitrogen and oxygen atoms in total. The van der Waals surface area contributed by atoms with Crippen molar-refractivity contribution in [2.45, 2.75) is 11.3 Å². The molecule has 2 aliphatic carbocycles. The van der Waals surface area contributed by atoms with Crippen LogP contribution in [0.15, 0.2) is 41.3 Å². The number of fused-ring (bicyclic) bond motifs is 5. The van der Waals surface area contributed by atoms with Gasteiger partial charge < -0.3 is 0 Å². The smallest absolute Gasteiger partial charge is 0.272 e. The fraction of sp³-hybridized carbons (Fsp3) is 0.333. The number of allylic oxidation sites excluding steroid dienone is 2. The van der Waals surface area contributed by atoms with Gasteiger partial charge in [0.15, 0.2) is 4.90 Å². The van der Waals surface area contributed by atoms with E-state index < -0.39 is 49.3 Å². The van der Waals surface area contributed by atoms with E-state index >= 15 is 0 Å². The lowest BCUT2D eigenvalue weighted by atomic mass is 9.85. The summed E-state index contributed by atoms with van der Waals surface area (Å²) in [7, 11) is -4.71. The maximum atomic E-state index is 12.5. The van der Waals surface area contributed by atoms with Crippen LogP contribution < -0.4 is 0 Å². The highest BCUT2D eigenvalue weighted by Crippen LogP contribution is 2.52. The number of nitro benzene ring substituents is 1. The van der Waals surface area contributed by atoms with Gasteiger partial charge in [0.05, 0.1) is 16.8 Å². The molecule has 1 aromatic carbocycles. The molecule has 4 atom stereocenters. The van der Waals surface area contributed by atoms with E-state index in [1.807, 2.05) is 12.2 Å². The van der Waals surface area contributed by atoms with Gasteiger partial charge in [0.1, 0.15) is 0 Å². The van der Waals surface area contributed by atoms with Crippen molar-refractivity contribution in [3.05, 3.63) is 46.5 Å². The first-order valence-electron chi connectivity index (χ1n) is 7.55. The first kappa shape index (κ1) is 15.9. The van der Waals surface area contributed by atoms with Crippen LogP contribution in [0.25, 0.3) is 0 Å². The van der Waals surface area contributed by atoms with Crippen LogP contribution in [-0.2, 0) is 24.0 Å². The number of benzene rings is 1. The number of hydrogen-bond donors (Lipinski definition) is 0. The Morgan fingerprint density at radius 2 is 1.64 bits per heavy atom. The minimum Gasteiger partial charge on any atom is -0.272 e. The van der Waals surface area contributed by atoms with Crippen LogP contribution in [0, 0.1) is 33.8 Å². The zero-order valence-electron chi connectivity index (χ0n) is 12.6. The summed E-state index contributed by atoms with van der Waals surface area (Å²) >= 11 is 0. The quantitative estimate of drug-likeness (QED) is 0.338. The van der Waals surface area contributed by atoms with Gasteiger partial charge in [-0.1, -0.05) is 24.3 Å². The summed E-state index contributed by atoms with van der Waals surface area (Å²) in [5.41, 5.74) is -0.691. The molecule has 2 fully saturated rings. The van der Waals surface area contributed by atoms with Gasteiger partial charge in [-0.05, 0) is 24.3 Å². The molecule has 1 aliphatic heterocycles. The molecule has 1 heterocycles. The van der Waals surface area contributed by atoms with Crippen LogP contribution in [0.1, 0.15) is 6.42 Å². The molecule has 0 aromatic heterocycles. The summed E-state index contributed by atoms with van der Waals surface area (Å²) in [6.45, 7) is 0. The van der Waals surface area contributed by atoms with Crippen LogP contribution in [0.4, 0.5) is 5.69 Å². The lowest BCUT2D eigenvalue weighted by Crippen LogP contribution is -2.35. The highest BCUT2D eigenvalue weighted by Gasteiger charge is 2.61. The number of carbonyl (C=O) groups excluding carboxylic acids is 2. The van der Waals surface area contributed by atoms with E-state index in [1.54, 1.807) is 0 Å². The predicted octanol–water partition coefficient (Wildman–Crippen LogP) is 1.02. The average molecular weight is 364 g/mol. The van der Waals surface area contributed by atoms with Crippen LogP contribution in [0.2, 0.25) is 0 Å². The van der Waals surface area contributed by atoms with Crippen molar-refractivity contribution >= 4 is 27.6 Å². The van der Waals surface area contributed by atoms with Crippen LogP contribution >= 0.6 is 0 Å². The zero-order valence-corrected chi connectivity index (χ0v) is 13.5. The molecule has 0 N–H and O–H groups in total. The third-order valence-corrected chi connectivity index (χ3v) is 6.16. The number of imide groups is 1. The summed E-state index contributed by atoms with van der Waals surface area (Å²) in [6, 6.07) is 4.58. The van der Waals surface area contributed by atoms with Crippen LogP contribution in [0.5, 0.6) is 0 Å². The molecule has 2 bridgehead atoms. The molecule has 3 aliphatic rings. The Hall–Kier alpha value is -2.59. The minimum atomic E-state index is -4.71. The maximum Gasteiger partial charge on any atom is 0.325 e. The summed E-state index contributed by atoms with van der Waals surface area (Å²) in [5.74, 6) is -2.88. The van der Waals surface area contributed by atoms with Crippen molar-refractivity contribution < 1.29 is 27.2 Å². The van der Waals surface area contributed by atoms with Gasteiger partial charge in [-0.25, -0.2) is 0 Å². The first-order chi connectivity index (χ1) is 11.8. The van der Waals surface area contributed by atoms with E-state index in [9.17, 15) is 28.1 Å². The predicted molar refractivity (Wildman–Crippen MR) is 80.9 cm³/mol. The van der Waals surface area contributed by atoms with Crippen molar-refractivity contribution in [3.63, 3.8) is 0 Å². The van der Waals surface area contributed by atoms with Gasteiger partial charge in [-0.3, -0.25) is 19.7 Å². The minimum absolute atomic E-state index is 0.103. The Morgan fingerprint density at radius 1 is 1.08 bits per heavy atom. The Bertz CT molecular complexity index is 909. The number of nitro groups is 1. The molecule has 1 saturated heterocycles.